The molecule has 3 aromatic carbocycles. The maximum Gasteiger partial charge on any atom is 0.275 e. The Labute approximate surface area is 183 Å². The van der Waals surface area contributed by atoms with Crippen LogP contribution in [0.3, 0.4) is 0 Å². The molecule has 7 nitrogen and oxygen atoms in total. The van der Waals surface area contributed by atoms with Gasteiger partial charge < -0.3 is 9.26 Å². The van der Waals surface area contributed by atoms with Crippen molar-refractivity contribution in [3.05, 3.63) is 94.6 Å². The molecule has 0 fully saturated rings. The van der Waals surface area contributed by atoms with E-state index < -0.39 is 0 Å². The van der Waals surface area contributed by atoms with E-state index in [4.69, 9.17) is 9.26 Å². The highest BCUT2D eigenvalue weighted by molar-refractivity contribution is 5.93. The average Bonchev–Trinajstić information content (AvgIpc) is 3.30. The third-order valence-corrected chi connectivity index (χ3v) is 5.26. The van der Waals surface area contributed by atoms with Crippen molar-refractivity contribution < 1.29 is 9.26 Å². The molecule has 0 aliphatic carbocycles. The number of hydrogen-bond acceptors (Lipinski definition) is 6. The van der Waals surface area contributed by atoms with Crippen molar-refractivity contribution in [2.45, 2.75) is 13.5 Å². The number of fused-ring (bicyclic) bond motifs is 1. The highest BCUT2D eigenvalue weighted by Gasteiger charge is 2.15. The topological polar surface area (TPSA) is 83.0 Å². The van der Waals surface area contributed by atoms with Gasteiger partial charge in [-0.2, -0.15) is 10.1 Å². The Morgan fingerprint density at radius 2 is 1.72 bits per heavy atom. The minimum absolute atomic E-state index is 0.0750. The molecule has 0 aliphatic rings. The van der Waals surface area contributed by atoms with Gasteiger partial charge in [-0.1, -0.05) is 47.1 Å². The smallest absolute Gasteiger partial charge is 0.275 e. The number of nitrogens with zero attached hydrogens (tertiary/aromatic N) is 4. The van der Waals surface area contributed by atoms with Gasteiger partial charge >= 0.3 is 0 Å². The summed E-state index contributed by atoms with van der Waals surface area (Å²) in [6.45, 7) is 2.08. The molecule has 0 spiro atoms. The molecule has 0 N–H and O–H groups in total. The summed E-state index contributed by atoms with van der Waals surface area (Å²) in [4.78, 5) is 17.6. The van der Waals surface area contributed by atoms with Gasteiger partial charge in [0.25, 0.3) is 5.56 Å². The molecule has 0 saturated carbocycles. The van der Waals surface area contributed by atoms with Crippen molar-refractivity contribution in [1.29, 1.82) is 0 Å². The van der Waals surface area contributed by atoms with Crippen molar-refractivity contribution in [3.63, 3.8) is 0 Å². The van der Waals surface area contributed by atoms with Crippen LogP contribution in [-0.4, -0.2) is 27.0 Å². The van der Waals surface area contributed by atoms with E-state index in [2.05, 4.69) is 15.2 Å². The Bertz CT molecular complexity index is 1470. The van der Waals surface area contributed by atoms with Crippen LogP contribution in [0.2, 0.25) is 0 Å². The predicted molar refractivity (Wildman–Crippen MR) is 122 cm³/mol. The first-order valence-corrected chi connectivity index (χ1v) is 10.2. The molecular weight excluding hydrogens is 404 g/mol. The molecule has 5 rings (SSSR count). The number of benzene rings is 3. The van der Waals surface area contributed by atoms with E-state index in [1.807, 2.05) is 73.7 Å². The van der Waals surface area contributed by atoms with Crippen molar-refractivity contribution >= 4 is 10.8 Å². The lowest BCUT2D eigenvalue weighted by Crippen LogP contribution is -2.24. The lowest BCUT2D eigenvalue weighted by molar-refractivity contribution is 0.364. The lowest BCUT2D eigenvalue weighted by atomic mass is 10.0. The maximum absolute atomic E-state index is 13.1. The molecule has 7 heteroatoms. The van der Waals surface area contributed by atoms with Crippen LogP contribution in [0, 0.1) is 6.92 Å². The molecule has 0 atom stereocenters. The van der Waals surface area contributed by atoms with E-state index in [1.54, 1.807) is 13.2 Å². The van der Waals surface area contributed by atoms with E-state index in [0.29, 0.717) is 22.8 Å². The third kappa shape index (κ3) is 3.65. The fourth-order valence-corrected chi connectivity index (χ4v) is 3.65. The molecule has 0 saturated heterocycles. The van der Waals surface area contributed by atoms with Crippen LogP contribution in [0.4, 0.5) is 0 Å². The maximum atomic E-state index is 13.1. The molecular formula is C25H20N4O3. The first-order chi connectivity index (χ1) is 15.6. The van der Waals surface area contributed by atoms with Crippen LogP contribution < -0.4 is 10.3 Å². The SMILES string of the molecule is COc1ccc(-c2nn(Cc3nc(-c4cccc(C)c4)no3)c(=O)c3ccccc23)cc1. The normalized spacial score (nSPS) is 11.1. The number of methoxy groups -OCH3 is 1. The second-order valence-corrected chi connectivity index (χ2v) is 7.47. The van der Waals surface area contributed by atoms with Gasteiger partial charge in [0.15, 0.2) is 0 Å². The van der Waals surface area contributed by atoms with Crippen LogP contribution in [0.15, 0.2) is 82.1 Å². The summed E-state index contributed by atoms with van der Waals surface area (Å²) < 4.78 is 12.1. The van der Waals surface area contributed by atoms with Crippen molar-refractivity contribution in [2.24, 2.45) is 0 Å². The van der Waals surface area contributed by atoms with E-state index >= 15 is 0 Å². The summed E-state index contributed by atoms with van der Waals surface area (Å²) in [7, 11) is 1.62. The van der Waals surface area contributed by atoms with Crippen LogP contribution in [0.5, 0.6) is 5.75 Å². The molecule has 5 aromatic rings. The van der Waals surface area contributed by atoms with Gasteiger partial charge in [0.2, 0.25) is 11.7 Å². The Morgan fingerprint density at radius 3 is 2.47 bits per heavy atom. The average molecular weight is 424 g/mol. The molecule has 0 bridgehead atoms. The first-order valence-electron chi connectivity index (χ1n) is 10.2. The molecule has 0 aliphatic heterocycles. The molecule has 2 heterocycles. The molecule has 0 amide bonds. The number of aromatic nitrogens is 4. The van der Waals surface area contributed by atoms with Crippen LogP contribution >= 0.6 is 0 Å². The first kappa shape index (κ1) is 19.7. The minimum atomic E-state index is -0.215. The molecule has 0 radical (unpaired) electrons. The van der Waals surface area contributed by atoms with Crippen LogP contribution in [0.1, 0.15) is 11.5 Å². The molecule has 158 valence electrons. The minimum Gasteiger partial charge on any atom is -0.497 e. The van der Waals surface area contributed by atoms with Gasteiger partial charge in [0, 0.05) is 16.5 Å². The van der Waals surface area contributed by atoms with Crippen molar-refractivity contribution in [2.75, 3.05) is 7.11 Å². The quantitative estimate of drug-likeness (QED) is 0.414. The number of hydrogen-bond donors (Lipinski definition) is 0. The van der Waals surface area contributed by atoms with Gasteiger partial charge in [-0.05, 0) is 43.3 Å². The van der Waals surface area contributed by atoms with Gasteiger partial charge in [0.1, 0.15) is 12.3 Å². The Hall–Kier alpha value is -4.26. The third-order valence-electron chi connectivity index (χ3n) is 5.26. The number of aryl methyl sites for hydroxylation is 1. The van der Waals surface area contributed by atoms with E-state index in [0.717, 1.165) is 27.8 Å². The zero-order valence-corrected chi connectivity index (χ0v) is 17.6. The zero-order chi connectivity index (χ0) is 22.1. The van der Waals surface area contributed by atoms with Crippen molar-refractivity contribution in [3.8, 4) is 28.4 Å². The van der Waals surface area contributed by atoms with Gasteiger partial charge in [0.05, 0.1) is 18.2 Å². The van der Waals surface area contributed by atoms with Crippen LogP contribution in [-0.2, 0) is 6.54 Å². The second kappa shape index (κ2) is 8.11. The molecule has 0 unspecified atom stereocenters. The summed E-state index contributed by atoms with van der Waals surface area (Å²) in [6, 6.07) is 22.9. The van der Waals surface area contributed by atoms with E-state index in [9.17, 15) is 4.79 Å². The summed E-state index contributed by atoms with van der Waals surface area (Å²) in [5.41, 5.74) is 3.32. The highest BCUT2D eigenvalue weighted by Crippen LogP contribution is 2.26. The summed E-state index contributed by atoms with van der Waals surface area (Å²) in [5, 5.41) is 10.1. The summed E-state index contributed by atoms with van der Waals surface area (Å²) in [6.07, 6.45) is 0. The Morgan fingerprint density at radius 1 is 0.938 bits per heavy atom. The number of rotatable bonds is 5. The second-order valence-electron chi connectivity index (χ2n) is 7.47. The lowest BCUT2D eigenvalue weighted by Gasteiger charge is -2.10. The summed E-state index contributed by atoms with van der Waals surface area (Å²) >= 11 is 0. The fourth-order valence-electron chi connectivity index (χ4n) is 3.65. The summed E-state index contributed by atoms with van der Waals surface area (Å²) in [5.74, 6) is 1.54. The monoisotopic (exact) mass is 424 g/mol. The zero-order valence-electron chi connectivity index (χ0n) is 17.6. The standard InChI is InChI=1S/C25H20N4O3/c1-16-6-5-7-18(14-16)24-26-22(32-28-24)15-29-25(30)21-9-4-3-8-20(21)23(27-29)17-10-12-19(31-2)13-11-17/h3-14H,15H2,1-2H3. The Kier molecular flexibility index (Phi) is 4.99. The van der Waals surface area contributed by atoms with E-state index in [-0.39, 0.29) is 12.1 Å². The highest BCUT2D eigenvalue weighted by atomic mass is 16.5. The Balaban J connectivity index is 1.57. The molecule has 32 heavy (non-hydrogen) atoms. The van der Waals surface area contributed by atoms with Crippen LogP contribution in [0.25, 0.3) is 33.4 Å². The fraction of sp³-hybridized carbons (Fsp3) is 0.120. The van der Waals surface area contributed by atoms with Gasteiger partial charge in [-0.25, -0.2) is 4.68 Å². The van der Waals surface area contributed by atoms with Crippen molar-refractivity contribution in [1.82, 2.24) is 19.9 Å². The van der Waals surface area contributed by atoms with Gasteiger partial charge in [-0.3, -0.25) is 4.79 Å². The van der Waals surface area contributed by atoms with E-state index in [1.165, 1.54) is 4.68 Å². The number of ether oxygens (including phenoxy) is 1. The molecule has 2 aromatic heterocycles. The largest absolute Gasteiger partial charge is 0.497 e. The predicted octanol–water partition coefficient (Wildman–Crippen LogP) is 4.48. The van der Waals surface area contributed by atoms with Gasteiger partial charge in [-0.15, -0.1) is 0 Å².